The Morgan fingerprint density at radius 3 is 2.74 bits per heavy atom. The van der Waals surface area contributed by atoms with Crippen LogP contribution < -0.4 is 5.32 Å². The number of aromatic nitrogens is 2. The summed E-state index contributed by atoms with van der Waals surface area (Å²) in [6.07, 6.45) is -1.96. The molecule has 1 aliphatic rings. The molecule has 2 rings (SSSR count). The van der Waals surface area contributed by atoms with Crippen LogP contribution in [0.3, 0.4) is 0 Å². The Labute approximate surface area is 109 Å². The van der Waals surface area contributed by atoms with Gasteiger partial charge in [-0.2, -0.15) is 18.3 Å². The smallest absolute Gasteiger partial charge is 0.355 e. The van der Waals surface area contributed by atoms with E-state index in [4.69, 9.17) is 0 Å². The van der Waals surface area contributed by atoms with Crippen molar-refractivity contribution in [3.8, 4) is 0 Å². The van der Waals surface area contributed by atoms with Gasteiger partial charge >= 0.3 is 6.18 Å². The fourth-order valence-electron chi connectivity index (χ4n) is 1.86. The van der Waals surface area contributed by atoms with Crippen LogP contribution in [0.5, 0.6) is 0 Å². The number of rotatable bonds is 5. The lowest BCUT2D eigenvalue weighted by molar-refractivity contribution is -0.141. The van der Waals surface area contributed by atoms with Crippen molar-refractivity contribution in [1.82, 2.24) is 15.1 Å². The van der Waals surface area contributed by atoms with E-state index in [0.29, 0.717) is 12.2 Å². The van der Waals surface area contributed by atoms with Crippen molar-refractivity contribution >= 4 is 5.91 Å². The molecule has 4 nitrogen and oxygen atoms in total. The van der Waals surface area contributed by atoms with Crippen molar-refractivity contribution in [3.05, 3.63) is 17.5 Å². The van der Waals surface area contributed by atoms with Crippen molar-refractivity contribution in [3.63, 3.8) is 0 Å². The minimum Gasteiger partial charge on any atom is -0.355 e. The summed E-state index contributed by atoms with van der Waals surface area (Å²) in [6.45, 7) is 2.28. The molecule has 1 heterocycles. The number of amides is 1. The molecule has 0 aromatic carbocycles. The van der Waals surface area contributed by atoms with Gasteiger partial charge in [-0.3, -0.25) is 9.48 Å². The summed E-state index contributed by atoms with van der Waals surface area (Å²) < 4.78 is 39.1. The molecule has 7 heteroatoms. The fourth-order valence-corrected chi connectivity index (χ4v) is 1.86. The molecule has 1 aromatic heterocycles. The van der Waals surface area contributed by atoms with Crippen LogP contribution in [0.1, 0.15) is 43.5 Å². The number of halogens is 3. The maximum atomic E-state index is 12.6. The first kappa shape index (κ1) is 13.9. The number of hydrogen-bond acceptors (Lipinski definition) is 2. The van der Waals surface area contributed by atoms with E-state index in [0.717, 1.165) is 25.3 Å². The summed E-state index contributed by atoms with van der Waals surface area (Å²) in [6, 6.07) is 1.06. The van der Waals surface area contributed by atoms with E-state index in [-0.39, 0.29) is 18.4 Å². The van der Waals surface area contributed by atoms with Gasteiger partial charge in [0.1, 0.15) is 6.54 Å². The van der Waals surface area contributed by atoms with E-state index in [9.17, 15) is 18.0 Å². The molecule has 1 aliphatic carbocycles. The lowest BCUT2D eigenvalue weighted by Crippen LogP contribution is -2.29. The van der Waals surface area contributed by atoms with Crippen molar-refractivity contribution in [2.24, 2.45) is 0 Å². The molecule has 0 aliphatic heterocycles. The molecule has 0 unspecified atom stereocenters. The predicted octanol–water partition coefficient (Wildman–Crippen LogP) is 2.31. The van der Waals surface area contributed by atoms with E-state index in [1.54, 1.807) is 0 Å². The molecule has 1 saturated carbocycles. The summed E-state index contributed by atoms with van der Waals surface area (Å²) in [7, 11) is 0. The number of nitrogens with zero attached hydrogens (tertiary/aromatic N) is 2. The largest absolute Gasteiger partial charge is 0.435 e. The van der Waals surface area contributed by atoms with E-state index in [1.807, 2.05) is 6.92 Å². The van der Waals surface area contributed by atoms with Gasteiger partial charge in [0, 0.05) is 18.2 Å². The van der Waals surface area contributed by atoms with Gasteiger partial charge in [-0.1, -0.05) is 6.92 Å². The summed E-state index contributed by atoms with van der Waals surface area (Å²) in [4.78, 5) is 11.6. The second-order valence-corrected chi connectivity index (χ2v) is 4.73. The maximum absolute atomic E-state index is 12.6. The highest BCUT2D eigenvalue weighted by Gasteiger charge is 2.37. The Morgan fingerprint density at radius 2 is 2.21 bits per heavy atom. The van der Waals surface area contributed by atoms with Crippen LogP contribution in [0.25, 0.3) is 0 Å². The standard InChI is InChI=1S/C12H16F3N3O/c1-2-5-16-11(19)7-18-9(8-3-4-8)6-10(17-18)12(13,14)15/h6,8H,2-5,7H2,1H3,(H,16,19). The van der Waals surface area contributed by atoms with Gasteiger partial charge < -0.3 is 5.32 Å². The normalized spacial score (nSPS) is 15.6. The molecular weight excluding hydrogens is 259 g/mol. The fraction of sp³-hybridized carbons (Fsp3) is 0.667. The van der Waals surface area contributed by atoms with Crippen molar-refractivity contribution in [2.75, 3.05) is 6.54 Å². The minimum atomic E-state index is -4.46. The highest BCUT2D eigenvalue weighted by molar-refractivity contribution is 5.75. The lowest BCUT2D eigenvalue weighted by atomic mass is 10.2. The molecule has 1 amide bonds. The predicted molar refractivity (Wildman–Crippen MR) is 62.5 cm³/mol. The van der Waals surface area contributed by atoms with Crippen LogP contribution in [0.2, 0.25) is 0 Å². The molecule has 0 bridgehead atoms. The SMILES string of the molecule is CCCNC(=O)Cn1nc(C(F)(F)F)cc1C1CC1. The Balaban J connectivity index is 2.14. The van der Waals surface area contributed by atoms with Gasteiger partial charge in [0.05, 0.1) is 0 Å². The van der Waals surface area contributed by atoms with Crippen LogP contribution in [-0.4, -0.2) is 22.2 Å². The number of carbonyl (C=O) groups is 1. The zero-order valence-corrected chi connectivity index (χ0v) is 10.6. The summed E-state index contributed by atoms with van der Waals surface area (Å²) in [5, 5.41) is 6.16. The molecule has 1 N–H and O–H groups in total. The maximum Gasteiger partial charge on any atom is 0.435 e. The minimum absolute atomic E-state index is 0.113. The van der Waals surface area contributed by atoms with Crippen molar-refractivity contribution in [2.45, 2.75) is 44.8 Å². The van der Waals surface area contributed by atoms with Gasteiger partial charge in [0.15, 0.2) is 5.69 Å². The Kier molecular flexibility index (Phi) is 3.82. The number of hydrogen-bond donors (Lipinski definition) is 1. The molecular formula is C12H16F3N3O. The van der Waals surface area contributed by atoms with Crippen LogP contribution >= 0.6 is 0 Å². The average Bonchev–Trinajstić information content (AvgIpc) is 3.07. The second-order valence-electron chi connectivity index (χ2n) is 4.73. The third-order valence-corrected chi connectivity index (χ3v) is 2.96. The monoisotopic (exact) mass is 275 g/mol. The Morgan fingerprint density at radius 1 is 1.53 bits per heavy atom. The molecule has 19 heavy (non-hydrogen) atoms. The Hall–Kier alpha value is -1.53. The number of nitrogens with one attached hydrogen (secondary N) is 1. The van der Waals surface area contributed by atoms with E-state index in [1.165, 1.54) is 4.68 Å². The molecule has 106 valence electrons. The van der Waals surface area contributed by atoms with E-state index >= 15 is 0 Å². The number of carbonyl (C=O) groups excluding carboxylic acids is 1. The first-order chi connectivity index (χ1) is 8.91. The quantitative estimate of drug-likeness (QED) is 0.896. The molecule has 0 atom stereocenters. The van der Waals surface area contributed by atoms with Gasteiger partial charge in [0.25, 0.3) is 0 Å². The van der Waals surface area contributed by atoms with Crippen molar-refractivity contribution < 1.29 is 18.0 Å². The molecule has 1 fully saturated rings. The zero-order valence-electron chi connectivity index (χ0n) is 10.6. The van der Waals surface area contributed by atoms with Crippen LogP contribution in [0.4, 0.5) is 13.2 Å². The third-order valence-electron chi connectivity index (χ3n) is 2.96. The topological polar surface area (TPSA) is 46.9 Å². The first-order valence-electron chi connectivity index (χ1n) is 6.33. The lowest BCUT2D eigenvalue weighted by Gasteiger charge is -2.07. The zero-order chi connectivity index (χ0) is 14.0. The highest BCUT2D eigenvalue weighted by Crippen LogP contribution is 2.42. The van der Waals surface area contributed by atoms with Gasteiger partial charge in [-0.15, -0.1) is 0 Å². The highest BCUT2D eigenvalue weighted by atomic mass is 19.4. The number of alkyl halides is 3. The van der Waals surface area contributed by atoms with Gasteiger partial charge in [-0.25, -0.2) is 0 Å². The first-order valence-corrected chi connectivity index (χ1v) is 6.33. The van der Waals surface area contributed by atoms with Gasteiger partial charge in [-0.05, 0) is 25.3 Å². The summed E-state index contributed by atoms with van der Waals surface area (Å²) >= 11 is 0. The summed E-state index contributed by atoms with van der Waals surface area (Å²) in [5.74, 6) is -0.192. The van der Waals surface area contributed by atoms with Crippen molar-refractivity contribution in [1.29, 1.82) is 0 Å². The van der Waals surface area contributed by atoms with E-state index < -0.39 is 11.9 Å². The Bertz CT molecular complexity index is 463. The van der Waals surface area contributed by atoms with Crippen LogP contribution in [0.15, 0.2) is 6.07 Å². The van der Waals surface area contributed by atoms with Crippen LogP contribution in [0, 0.1) is 0 Å². The molecule has 0 spiro atoms. The molecule has 0 radical (unpaired) electrons. The molecule has 0 saturated heterocycles. The second kappa shape index (κ2) is 5.22. The summed E-state index contributed by atoms with van der Waals surface area (Å²) in [5.41, 5.74) is -0.406. The molecule has 1 aromatic rings. The van der Waals surface area contributed by atoms with Crippen LogP contribution in [-0.2, 0) is 17.5 Å². The van der Waals surface area contributed by atoms with E-state index in [2.05, 4.69) is 10.4 Å². The third kappa shape index (κ3) is 3.48. The average molecular weight is 275 g/mol. The van der Waals surface area contributed by atoms with Gasteiger partial charge in [0.2, 0.25) is 5.91 Å².